The monoisotopic (exact) mass is 256 g/mol. The Bertz CT molecular complexity index is 592. The van der Waals surface area contributed by atoms with Gasteiger partial charge in [-0.05, 0) is 19.9 Å². The SMILES string of the molecule is COC(=O)Cc1nc(C)cc(-c2ccc(C)cc2)n1. The fraction of sp³-hybridized carbons (Fsp3) is 0.267. The number of methoxy groups -OCH3 is 1. The Hall–Kier alpha value is -2.23. The fourth-order valence-corrected chi connectivity index (χ4v) is 1.78. The molecule has 0 unspecified atom stereocenters. The zero-order valence-electron chi connectivity index (χ0n) is 11.3. The summed E-state index contributed by atoms with van der Waals surface area (Å²) in [6.07, 6.45) is 0.0943. The van der Waals surface area contributed by atoms with Gasteiger partial charge in [-0.2, -0.15) is 0 Å². The Kier molecular flexibility index (Phi) is 3.90. The zero-order chi connectivity index (χ0) is 13.8. The van der Waals surface area contributed by atoms with E-state index in [2.05, 4.69) is 14.7 Å². The molecule has 1 aromatic carbocycles. The van der Waals surface area contributed by atoms with Crippen LogP contribution in [0.3, 0.4) is 0 Å². The highest BCUT2D eigenvalue weighted by molar-refractivity contribution is 5.71. The van der Waals surface area contributed by atoms with Gasteiger partial charge in [0.25, 0.3) is 0 Å². The molecule has 0 N–H and O–H groups in total. The summed E-state index contributed by atoms with van der Waals surface area (Å²) in [6, 6.07) is 10.0. The maximum Gasteiger partial charge on any atom is 0.313 e. The van der Waals surface area contributed by atoms with Crippen molar-refractivity contribution in [3.8, 4) is 11.3 Å². The average Bonchev–Trinajstić information content (AvgIpc) is 2.38. The number of hydrogen-bond acceptors (Lipinski definition) is 4. The van der Waals surface area contributed by atoms with Crippen molar-refractivity contribution >= 4 is 5.97 Å². The summed E-state index contributed by atoms with van der Waals surface area (Å²) in [7, 11) is 1.36. The smallest absolute Gasteiger partial charge is 0.313 e. The van der Waals surface area contributed by atoms with Gasteiger partial charge in [0.1, 0.15) is 12.2 Å². The van der Waals surface area contributed by atoms with E-state index < -0.39 is 0 Å². The Morgan fingerprint density at radius 1 is 1.16 bits per heavy atom. The molecule has 4 nitrogen and oxygen atoms in total. The van der Waals surface area contributed by atoms with Crippen molar-refractivity contribution in [3.63, 3.8) is 0 Å². The summed E-state index contributed by atoms with van der Waals surface area (Å²) < 4.78 is 4.64. The van der Waals surface area contributed by atoms with Crippen LogP contribution in [0.25, 0.3) is 11.3 Å². The van der Waals surface area contributed by atoms with E-state index in [-0.39, 0.29) is 12.4 Å². The normalized spacial score (nSPS) is 10.3. The first-order valence-corrected chi connectivity index (χ1v) is 6.07. The van der Waals surface area contributed by atoms with E-state index in [1.165, 1.54) is 12.7 Å². The zero-order valence-corrected chi connectivity index (χ0v) is 11.3. The standard InChI is InChI=1S/C15H16N2O2/c1-10-4-6-12(7-5-10)13-8-11(2)16-14(17-13)9-15(18)19-3/h4-8H,9H2,1-3H3. The molecule has 0 amide bonds. The Balaban J connectivity index is 2.35. The van der Waals surface area contributed by atoms with Crippen LogP contribution < -0.4 is 0 Å². The molecule has 98 valence electrons. The van der Waals surface area contributed by atoms with Crippen LogP contribution in [0.15, 0.2) is 30.3 Å². The van der Waals surface area contributed by atoms with Crippen LogP contribution in [0.1, 0.15) is 17.1 Å². The molecule has 0 spiro atoms. The summed E-state index contributed by atoms with van der Waals surface area (Å²) in [5.41, 5.74) is 3.88. The first-order valence-electron chi connectivity index (χ1n) is 6.07. The minimum absolute atomic E-state index is 0.0943. The van der Waals surface area contributed by atoms with Crippen molar-refractivity contribution in [2.45, 2.75) is 20.3 Å². The molecular weight excluding hydrogens is 240 g/mol. The van der Waals surface area contributed by atoms with Gasteiger partial charge in [0.15, 0.2) is 0 Å². The molecule has 4 heteroatoms. The Morgan fingerprint density at radius 3 is 2.47 bits per heavy atom. The van der Waals surface area contributed by atoms with Crippen molar-refractivity contribution in [1.82, 2.24) is 9.97 Å². The lowest BCUT2D eigenvalue weighted by atomic mass is 10.1. The van der Waals surface area contributed by atoms with E-state index >= 15 is 0 Å². The lowest BCUT2D eigenvalue weighted by Crippen LogP contribution is -2.09. The van der Waals surface area contributed by atoms with Gasteiger partial charge in [-0.1, -0.05) is 29.8 Å². The second-order valence-corrected chi connectivity index (χ2v) is 4.43. The number of carbonyl (C=O) groups is 1. The minimum Gasteiger partial charge on any atom is -0.469 e. The molecule has 19 heavy (non-hydrogen) atoms. The number of aromatic nitrogens is 2. The third-order valence-corrected chi connectivity index (χ3v) is 2.78. The third-order valence-electron chi connectivity index (χ3n) is 2.78. The average molecular weight is 256 g/mol. The molecule has 1 aromatic heterocycles. The molecule has 0 atom stereocenters. The van der Waals surface area contributed by atoms with Crippen molar-refractivity contribution in [2.24, 2.45) is 0 Å². The van der Waals surface area contributed by atoms with Crippen molar-refractivity contribution in [2.75, 3.05) is 7.11 Å². The second-order valence-electron chi connectivity index (χ2n) is 4.43. The second kappa shape index (κ2) is 5.61. The topological polar surface area (TPSA) is 52.1 Å². The molecule has 0 saturated carbocycles. The fourth-order valence-electron chi connectivity index (χ4n) is 1.78. The summed E-state index contributed by atoms with van der Waals surface area (Å²) in [4.78, 5) is 19.9. The van der Waals surface area contributed by atoms with Crippen LogP contribution in [-0.4, -0.2) is 23.0 Å². The number of hydrogen-bond donors (Lipinski definition) is 0. The number of aryl methyl sites for hydroxylation is 2. The summed E-state index contributed by atoms with van der Waals surface area (Å²) in [5.74, 6) is 0.155. The number of rotatable bonds is 3. The van der Waals surface area contributed by atoms with Crippen LogP contribution in [0.4, 0.5) is 0 Å². The summed E-state index contributed by atoms with van der Waals surface area (Å²) in [6.45, 7) is 3.93. The van der Waals surface area contributed by atoms with E-state index in [0.717, 1.165) is 17.0 Å². The quantitative estimate of drug-likeness (QED) is 0.792. The largest absolute Gasteiger partial charge is 0.469 e. The highest BCUT2D eigenvalue weighted by Crippen LogP contribution is 2.18. The van der Waals surface area contributed by atoms with E-state index in [0.29, 0.717) is 5.82 Å². The van der Waals surface area contributed by atoms with E-state index in [1.54, 1.807) is 0 Å². The predicted octanol–water partition coefficient (Wildman–Crippen LogP) is 2.48. The van der Waals surface area contributed by atoms with Crippen molar-refractivity contribution in [1.29, 1.82) is 0 Å². The van der Waals surface area contributed by atoms with Gasteiger partial charge in [-0.3, -0.25) is 4.79 Å². The number of nitrogens with zero attached hydrogens (tertiary/aromatic N) is 2. The van der Waals surface area contributed by atoms with Crippen LogP contribution in [0, 0.1) is 13.8 Å². The van der Waals surface area contributed by atoms with Gasteiger partial charge < -0.3 is 4.74 Å². The van der Waals surface area contributed by atoms with E-state index in [4.69, 9.17) is 0 Å². The molecule has 1 heterocycles. The van der Waals surface area contributed by atoms with Crippen LogP contribution >= 0.6 is 0 Å². The number of ether oxygens (including phenoxy) is 1. The van der Waals surface area contributed by atoms with Gasteiger partial charge in [0.05, 0.1) is 12.8 Å². The maximum absolute atomic E-state index is 11.3. The molecule has 0 aliphatic heterocycles. The minimum atomic E-state index is -0.333. The number of carbonyl (C=O) groups excluding carboxylic acids is 1. The van der Waals surface area contributed by atoms with Gasteiger partial charge in [0, 0.05) is 11.3 Å². The molecule has 0 bridgehead atoms. The first-order chi connectivity index (χ1) is 9.08. The lowest BCUT2D eigenvalue weighted by molar-refractivity contribution is -0.139. The maximum atomic E-state index is 11.3. The number of benzene rings is 1. The Morgan fingerprint density at radius 2 is 1.84 bits per heavy atom. The van der Waals surface area contributed by atoms with E-state index in [9.17, 15) is 4.79 Å². The van der Waals surface area contributed by atoms with Gasteiger partial charge in [0.2, 0.25) is 0 Å². The van der Waals surface area contributed by atoms with Crippen molar-refractivity contribution < 1.29 is 9.53 Å². The highest BCUT2D eigenvalue weighted by atomic mass is 16.5. The Labute approximate surface area is 112 Å². The lowest BCUT2D eigenvalue weighted by Gasteiger charge is -2.06. The van der Waals surface area contributed by atoms with E-state index in [1.807, 2.05) is 44.2 Å². The predicted molar refractivity (Wildman–Crippen MR) is 72.7 cm³/mol. The third kappa shape index (κ3) is 3.37. The van der Waals surface area contributed by atoms with Gasteiger partial charge >= 0.3 is 5.97 Å². The van der Waals surface area contributed by atoms with Gasteiger partial charge in [-0.25, -0.2) is 9.97 Å². The molecule has 0 aliphatic rings. The molecule has 0 fully saturated rings. The molecule has 0 aliphatic carbocycles. The van der Waals surface area contributed by atoms with Crippen LogP contribution in [0.5, 0.6) is 0 Å². The summed E-state index contributed by atoms with van der Waals surface area (Å²) in [5, 5.41) is 0. The van der Waals surface area contributed by atoms with Crippen molar-refractivity contribution in [3.05, 3.63) is 47.4 Å². The van der Waals surface area contributed by atoms with Gasteiger partial charge in [-0.15, -0.1) is 0 Å². The molecule has 0 saturated heterocycles. The molecule has 2 rings (SSSR count). The molecule has 2 aromatic rings. The molecule has 0 radical (unpaired) electrons. The highest BCUT2D eigenvalue weighted by Gasteiger charge is 2.09. The van der Waals surface area contributed by atoms with Crippen LogP contribution in [-0.2, 0) is 16.0 Å². The van der Waals surface area contributed by atoms with Crippen LogP contribution in [0.2, 0.25) is 0 Å². The number of esters is 1. The first kappa shape index (κ1) is 13.2. The molecular formula is C15H16N2O2. The summed E-state index contributed by atoms with van der Waals surface area (Å²) >= 11 is 0.